The van der Waals surface area contributed by atoms with E-state index in [-0.39, 0.29) is 36.3 Å². The summed E-state index contributed by atoms with van der Waals surface area (Å²) in [5, 5.41) is 3.61. The average Bonchev–Trinajstić information content (AvgIpc) is 2.32. The van der Waals surface area contributed by atoms with Crippen LogP contribution in [0.4, 0.5) is 0 Å². The van der Waals surface area contributed by atoms with Crippen LogP contribution in [0.1, 0.15) is 0 Å². The summed E-state index contributed by atoms with van der Waals surface area (Å²) < 4.78 is 15.5. The van der Waals surface area contributed by atoms with Crippen molar-refractivity contribution in [1.82, 2.24) is 9.78 Å². The molecule has 0 fully saturated rings. The molecule has 1 aromatic rings. The Kier molecular flexibility index (Phi) is 5.27. The van der Waals surface area contributed by atoms with Crippen molar-refractivity contribution in [2.45, 2.75) is 6.73 Å². The summed E-state index contributed by atoms with van der Waals surface area (Å²) in [6.07, 6.45) is 2.78. The van der Waals surface area contributed by atoms with Gasteiger partial charge < -0.3 is 9.79 Å². The van der Waals surface area contributed by atoms with Crippen molar-refractivity contribution >= 4 is 37.4 Å². The maximum atomic E-state index is 10.1. The van der Waals surface area contributed by atoms with Gasteiger partial charge in [0, 0.05) is 12.3 Å². The molecule has 0 aliphatic rings. The van der Waals surface area contributed by atoms with Crippen molar-refractivity contribution in [2.75, 3.05) is 0 Å². The molecule has 1 radical (unpaired) electrons. The third-order valence-electron chi connectivity index (χ3n) is 0.862. The average molecular weight is 201 g/mol. The van der Waals surface area contributed by atoms with Crippen molar-refractivity contribution in [3.8, 4) is 0 Å². The van der Waals surface area contributed by atoms with Gasteiger partial charge in [-0.15, -0.1) is 0 Å². The Balaban J connectivity index is 0.00000121. The Morgan fingerprint density at radius 3 is 2.75 bits per heavy atom. The summed E-state index contributed by atoms with van der Waals surface area (Å²) in [7, 11) is -4.38. The predicted octanol–water partition coefficient (Wildman–Crippen LogP) is -0.898. The molecule has 1 heterocycles. The molecule has 0 saturated heterocycles. The van der Waals surface area contributed by atoms with E-state index in [4.69, 9.17) is 9.79 Å². The number of rotatable bonds is 3. The van der Waals surface area contributed by atoms with Gasteiger partial charge in [0.15, 0.2) is 6.73 Å². The molecule has 8 heteroatoms. The van der Waals surface area contributed by atoms with Gasteiger partial charge in [-0.3, -0.25) is 4.52 Å². The van der Waals surface area contributed by atoms with E-state index in [1.807, 2.05) is 0 Å². The number of phosphoric acid groups is 1. The first-order valence-electron chi connectivity index (χ1n) is 2.66. The number of nitrogens with zero attached hydrogens (tertiary/aromatic N) is 2. The van der Waals surface area contributed by atoms with E-state index in [1.165, 1.54) is 17.1 Å². The summed E-state index contributed by atoms with van der Waals surface area (Å²) in [5.41, 5.74) is 0. The molecule has 0 bridgehead atoms. The van der Waals surface area contributed by atoms with E-state index in [0.717, 1.165) is 0 Å². The van der Waals surface area contributed by atoms with Gasteiger partial charge in [-0.25, -0.2) is 9.25 Å². The maximum absolute atomic E-state index is 10.1. The van der Waals surface area contributed by atoms with Gasteiger partial charge in [-0.2, -0.15) is 5.10 Å². The van der Waals surface area contributed by atoms with Crippen LogP contribution in [0.25, 0.3) is 0 Å². The third kappa shape index (κ3) is 5.05. The zero-order chi connectivity index (χ0) is 8.32. The van der Waals surface area contributed by atoms with Crippen LogP contribution in [0, 0.1) is 6.07 Å². The molecule has 1 rings (SSSR count). The van der Waals surface area contributed by atoms with Crippen molar-refractivity contribution < 1.29 is 18.9 Å². The van der Waals surface area contributed by atoms with Crippen molar-refractivity contribution in [3.05, 3.63) is 18.5 Å². The number of aromatic nitrogens is 2. The van der Waals surface area contributed by atoms with Crippen molar-refractivity contribution in [1.29, 1.82) is 0 Å². The minimum atomic E-state index is -4.38. The summed E-state index contributed by atoms with van der Waals surface area (Å²) in [6, 6.07) is 2.58. The van der Waals surface area contributed by atoms with Crippen LogP contribution >= 0.6 is 7.82 Å². The molecule has 0 spiro atoms. The SMILES string of the molecule is O=P(O)(O)OCn1c[c]cn1.[NaH]. The molecule has 0 unspecified atom stereocenters. The standard InChI is InChI=1S/C4H6N2O4P.Na.H/c7-11(8,9)10-4-6-3-1-2-5-6;;/h2-3H,4H2,(H2,7,8,9);;. The topological polar surface area (TPSA) is 84.6 Å². The van der Waals surface area contributed by atoms with Gasteiger partial charge in [0.1, 0.15) is 0 Å². The third-order valence-corrected chi connectivity index (χ3v) is 1.31. The van der Waals surface area contributed by atoms with E-state index >= 15 is 0 Å². The van der Waals surface area contributed by atoms with Crippen LogP contribution in [0.15, 0.2) is 12.4 Å². The Hall–Kier alpha value is 0.320. The van der Waals surface area contributed by atoms with Crippen LogP contribution in [-0.2, 0) is 15.8 Å². The van der Waals surface area contributed by atoms with Crippen LogP contribution in [0.5, 0.6) is 0 Å². The fourth-order valence-electron chi connectivity index (χ4n) is 0.465. The molecule has 6 nitrogen and oxygen atoms in total. The Labute approximate surface area is 91.1 Å². The first-order valence-corrected chi connectivity index (χ1v) is 4.19. The van der Waals surface area contributed by atoms with E-state index in [0.29, 0.717) is 0 Å². The van der Waals surface area contributed by atoms with E-state index in [9.17, 15) is 4.57 Å². The van der Waals surface area contributed by atoms with Gasteiger partial charge in [0.2, 0.25) is 0 Å². The zero-order valence-electron chi connectivity index (χ0n) is 5.41. The first-order chi connectivity index (χ1) is 5.08. The first kappa shape index (κ1) is 12.3. The molecule has 1 aromatic heterocycles. The molecule has 0 amide bonds. The second-order valence-electron chi connectivity index (χ2n) is 1.73. The van der Waals surface area contributed by atoms with Crippen LogP contribution in [0.2, 0.25) is 0 Å². The zero-order valence-corrected chi connectivity index (χ0v) is 6.31. The fraction of sp³-hybridized carbons (Fsp3) is 0.250. The minimum absolute atomic E-state index is 0. The second-order valence-corrected chi connectivity index (χ2v) is 2.97. The summed E-state index contributed by atoms with van der Waals surface area (Å²) in [5.74, 6) is 0. The van der Waals surface area contributed by atoms with Gasteiger partial charge in [-0.05, 0) is 0 Å². The van der Waals surface area contributed by atoms with E-state index in [2.05, 4.69) is 15.7 Å². The molecule has 2 N–H and O–H groups in total. The Morgan fingerprint density at radius 2 is 2.33 bits per heavy atom. The van der Waals surface area contributed by atoms with Crippen LogP contribution in [0.3, 0.4) is 0 Å². The van der Waals surface area contributed by atoms with Crippen molar-refractivity contribution in [3.63, 3.8) is 0 Å². The normalized spacial score (nSPS) is 10.8. The van der Waals surface area contributed by atoms with Crippen LogP contribution in [-0.4, -0.2) is 49.1 Å². The number of phosphoric ester groups is 1. The number of hydrogen-bond acceptors (Lipinski definition) is 3. The van der Waals surface area contributed by atoms with Gasteiger partial charge in [0.25, 0.3) is 0 Å². The van der Waals surface area contributed by atoms with Gasteiger partial charge >= 0.3 is 37.4 Å². The Morgan fingerprint density at radius 1 is 1.67 bits per heavy atom. The molecule has 0 aliphatic carbocycles. The Bertz CT molecular complexity index is 258. The van der Waals surface area contributed by atoms with E-state index < -0.39 is 7.82 Å². The summed E-state index contributed by atoms with van der Waals surface area (Å²) >= 11 is 0. The molecule has 0 atom stereocenters. The van der Waals surface area contributed by atoms with Gasteiger partial charge in [-0.1, -0.05) is 0 Å². The molecule has 63 valence electrons. The second kappa shape index (κ2) is 5.14. The van der Waals surface area contributed by atoms with Crippen molar-refractivity contribution in [2.24, 2.45) is 0 Å². The molecule has 12 heavy (non-hydrogen) atoms. The molecular weight excluding hydrogens is 194 g/mol. The predicted molar refractivity (Wildman–Crippen MR) is 41.3 cm³/mol. The quantitative estimate of drug-likeness (QED) is 0.489. The molecular formula is C4H7N2NaO4P. The fourth-order valence-corrected chi connectivity index (χ4v) is 0.734. The number of hydrogen-bond donors (Lipinski definition) is 2. The molecule has 0 saturated carbocycles. The monoisotopic (exact) mass is 201 g/mol. The van der Waals surface area contributed by atoms with E-state index in [1.54, 1.807) is 0 Å². The van der Waals surface area contributed by atoms with Gasteiger partial charge in [0.05, 0.1) is 6.20 Å². The summed E-state index contributed by atoms with van der Waals surface area (Å²) in [6.45, 7) is -0.270. The summed E-state index contributed by atoms with van der Waals surface area (Å²) in [4.78, 5) is 16.5. The molecule has 0 aromatic carbocycles. The van der Waals surface area contributed by atoms with Crippen LogP contribution < -0.4 is 0 Å². The molecule has 0 aliphatic heterocycles.